The smallest absolute Gasteiger partial charge is 0.197 e. The lowest BCUT2D eigenvalue weighted by molar-refractivity contribution is 0.103. The van der Waals surface area contributed by atoms with Crippen molar-refractivity contribution < 1.29 is 14.6 Å². The lowest BCUT2D eigenvalue weighted by atomic mass is 9.94. The van der Waals surface area contributed by atoms with E-state index in [1.165, 1.54) is 0 Å². The SMILES string of the molecule is C[C@H](CO)c1ccc2c(c1)C(=O)c1ccccc1CO2. The van der Waals surface area contributed by atoms with Gasteiger partial charge in [-0.05, 0) is 17.7 Å². The molecule has 0 bridgehead atoms. The Labute approximate surface area is 117 Å². The van der Waals surface area contributed by atoms with Gasteiger partial charge in [-0.2, -0.15) is 0 Å². The first-order valence-electron chi connectivity index (χ1n) is 6.71. The summed E-state index contributed by atoms with van der Waals surface area (Å²) in [5.74, 6) is 0.603. The number of benzene rings is 2. The van der Waals surface area contributed by atoms with E-state index in [4.69, 9.17) is 4.74 Å². The molecule has 3 nitrogen and oxygen atoms in total. The standard InChI is InChI=1S/C17H16O3/c1-11(9-18)12-6-7-16-15(8-12)17(19)14-5-3-2-4-13(14)10-20-16/h2-8,11,18H,9-10H2,1H3/t11-/m1/s1. The van der Waals surface area contributed by atoms with E-state index in [-0.39, 0.29) is 18.3 Å². The maximum Gasteiger partial charge on any atom is 0.197 e. The van der Waals surface area contributed by atoms with Crippen molar-refractivity contribution in [2.75, 3.05) is 6.61 Å². The summed E-state index contributed by atoms with van der Waals surface area (Å²) in [7, 11) is 0. The molecule has 0 radical (unpaired) electrons. The van der Waals surface area contributed by atoms with Crippen LogP contribution in [0.3, 0.4) is 0 Å². The quantitative estimate of drug-likeness (QED) is 0.911. The highest BCUT2D eigenvalue weighted by atomic mass is 16.5. The van der Waals surface area contributed by atoms with E-state index in [2.05, 4.69) is 0 Å². The number of carbonyl (C=O) groups is 1. The topological polar surface area (TPSA) is 46.5 Å². The molecule has 1 heterocycles. The Kier molecular flexibility index (Phi) is 3.28. The number of carbonyl (C=O) groups excluding carboxylic acids is 1. The second kappa shape index (κ2) is 5.10. The highest BCUT2D eigenvalue weighted by Gasteiger charge is 2.22. The van der Waals surface area contributed by atoms with Crippen molar-refractivity contribution in [2.45, 2.75) is 19.4 Å². The Morgan fingerprint density at radius 3 is 2.80 bits per heavy atom. The molecular formula is C17H16O3. The summed E-state index contributed by atoms with van der Waals surface area (Å²) in [5.41, 5.74) is 3.13. The average Bonchev–Trinajstić information content (AvgIpc) is 2.64. The Hall–Kier alpha value is -2.13. The molecule has 0 aromatic heterocycles. The summed E-state index contributed by atoms with van der Waals surface area (Å²) >= 11 is 0. The third-order valence-corrected chi connectivity index (χ3v) is 3.74. The number of ketones is 1. The lowest BCUT2D eigenvalue weighted by Crippen LogP contribution is -2.05. The van der Waals surface area contributed by atoms with Gasteiger partial charge in [0.2, 0.25) is 0 Å². The zero-order chi connectivity index (χ0) is 14.1. The van der Waals surface area contributed by atoms with Gasteiger partial charge in [-0.3, -0.25) is 4.79 Å². The van der Waals surface area contributed by atoms with Gasteiger partial charge in [0.25, 0.3) is 0 Å². The number of hydrogen-bond donors (Lipinski definition) is 1. The van der Waals surface area contributed by atoms with Crippen molar-refractivity contribution in [3.05, 3.63) is 64.7 Å². The molecule has 102 valence electrons. The molecule has 1 aliphatic rings. The minimum Gasteiger partial charge on any atom is -0.488 e. The first-order chi connectivity index (χ1) is 9.70. The van der Waals surface area contributed by atoms with Gasteiger partial charge in [-0.1, -0.05) is 37.3 Å². The third-order valence-electron chi connectivity index (χ3n) is 3.74. The molecular weight excluding hydrogens is 252 g/mol. The van der Waals surface area contributed by atoms with E-state index in [0.29, 0.717) is 23.5 Å². The fraction of sp³-hybridized carbons (Fsp3) is 0.235. The molecule has 20 heavy (non-hydrogen) atoms. The van der Waals surface area contributed by atoms with Crippen molar-refractivity contribution in [1.29, 1.82) is 0 Å². The van der Waals surface area contributed by atoms with E-state index in [9.17, 15) is 9.90 Å². The Morgan fingerprint density at radius 2 is 2.00 bits per heavy atom. The third kappa shape index (κ3) is 2.10. The summed E-state index contributed by atoms with van der Waals surface area (Å²) in [6, 6.07) is 13.1. The number of aliphatic hydroxyl groups is 1. The van der Waals surface area contributed by atoms with Gasteiger partial charge in [0, 0.05) is 23.7 Å². The van der Waals surface area contributed by atoms with Crippen LogP contribution in [0.2, 0.25) is 0 Å². The van der Waals surface area contributed by atoms with E-state index in [1.807, 2.05) is 49.4 Å². The van der Waals surface area contributed by atoms with Crippen LogP contribution in [-0.4, -0.2) is 17.5 Å². The second-order valence-corrected chi connectivity index (χ2v) is 5.11. The van der Waals surface area contributed by atoms with Crippen molar-refractivity contribution in [1.82, 2.24) is 0 Å². The van der Waals surface area contributed by atoms with Crippen LogP contribution in [0.15, 0.2) is 42.5 Å². The number of ether oxygens (including phenoxy) is 1. The predicted molar refractivity (Wildman–Crippen MR) is 76.1 cm³/mol. The fourth-order valence-corrected chi connectivity index (χ4v) is 2.43. The maximum atomic E-state index is 12.6. The molecule has 0 unspecified atom stereocenters. The Morgan fingerprint density at radius 1 is 1.20 bits per heavy atom. The van der Waals surface area contributed by atoms with Crippen LogP contribution in [0.1, 0.15) is 39.9 Å². The molecule has 2 aromatic rings. The van der Waals surface area contributed by atoms with Gasteiger partial charge in [-0.25, -0.2) is 0 Å². The minimum atomic E-state index is -0.0138. The second-order valence-electron chi connectivity index (χ2n) is 5.11. The van der Waals surface area contributed by atoms with Gasteiger partial charge >= 0.3 is 0 Å². The van der Waals surface area contributed by atoms with Crippen molar-refractivity contribution in [3.8, 4) is 5.75 Å². The van der Waals surface area contributed by atoms with Gasteiger partial charge in [0.15, 0.2) is 5.78 Å². The van der Waals surface area contributed by atoms with E-state index >= 15 is 0 Å². The molecule has 0 saturated heterocycles. The van der Waals surface area contributed by atoms with Gasteiger partial charge in [0.1, 0.15) is 12.4 Å². The Bertz CT molecular complexity index is 661. The van der Waals surface area contributed by atoms with E-state index in [0.717, 1.165) is 11.1 Å². The number of fused-ring (bicyclic) bond motifs is 2. The van der Waals surface area contributed by atoms with Crippen LogP contribution in [0, 0.1) is 0 Å². The molecule has 0 spiro atoms. The summed E-state index contributed by atoms with van der Waals surface area (Å²) in [5, 5.41) is 9.26. The molecule has 1 atom stereocenters. The van der Waals surface area contributed by atoms with E-state index in [1.54, 1.807) is 0 Å². The van der Waals surface area contributed by atoms with E-state index < -0.39 is 0 Å². The van der Waals surface area contributed by atoms with Gasteiger partial charge in [-0.15, -0.1) is 0 Å². The van der Waals surface area contributed by atoms with Crippen LogP contribution < -0.4 is 4.74 Å². The highest BCUT2D eigenvalue weighted by Crippen LogP contribution is 2.30. The molecule has 0 aliphatic carbocycles. The summed E-state index contributed by atoms with van der Waals surface area (Å²) in [6.07, 6.45) is 0. The molecule has 3 heteroatoms. The molecule has 3 rings (SSSR count). The van der Waals surface area contributed by atoms with Gasteiger partial charge in [0.05, 0.1) is 5.56 Å². The molecule has 0 saturated carbocycles. The largest absolute Gasteiger partial charge is 0.488 e. The average molecular weight is 268 g/mol. The summed E-state index contributed by atoms with van der Waals surface area (Å²) in [4.78, 5) is 12.6. The monoisotopic (exact) mass is 268 g/mol. The Balaban J connectivity index is 2.11. The van der Waals surface area contributed by atoms with Crippen LogP contribution in [0.25, 0.3) is 0 Å². The summed E-state index contributed by atoms with van der Waals surface area (Å²) in [6.45, 7) is 2.39. The van der Waals surface area contributed by atoms with Crippen LogP contribution >= 0.6 is 0 Å². The lowest BCUT2D eigenvalue weighted by Gasteiger charge is -2.12. The predicted octanol–water partition coefficient (Wildman–Crippen LogP) is 2.91. The molecule has 0 amide bonds. The highest BCUT2D eigenvalue weighted by molar-refractivity contribution is 6.12. The van der Waals surface area contributed by atoms with Crippen molar-refractivity contribution >= 4 is 5.78 Å². The first kappa shape index (κ1) is 12.9. The van der Waals surface area contributed by atoms with Crippen molar-refractivity contribution in [2.24, 2.45) is 0 Å². The number of rotatable bonds is 2. The zero-order valence-electron chi connectivity index (χ0n) is 11.3. The molecule has 2 aromatic carbocycles. The number of aliphatic hydroxyl groups excluding tert-OH is 1. The minimum absolute atomic E-state index is 0.00611. The van der Waals surface area contributed by atoms with Crippen LogP contribution in [-0.2, 0) is 6.61 Å². The first-order valence-corrected chi connectivity index (χ1v) is 6.71. The molecule has 0 fully saturated rings. The van der Waals surface area contributed by atoms with Crippen LogP contribution in [0.5, 0.6) is 5.75 Å². The van der Waals surface area contributed by atoms with Gasteiger partial charge < -0.3 is 9.84 Å². The fourth-order valence-electron chi connectivity index (χ4n) is 2.43. The van der Waals surface area contributed by atoms with Crippen molar-refractivity contribution in [3.63, 3.8) is 0 Å². The maximum absolute atomic E-state index is 12.6. The molecule has 1 aliphatic heterocycles. The zero-order valence-corrected chi connectivity index (χ0v) is 11.3. The van der Waals surface area contributed by atoms with Crippen LogP contribution in [0.4, 0.5) is 0 Å². The normalized spacial score (nSPS) is 14.8. The molecule has 1 N–H and O–H groups in total. The summed E-state index contributed by atoms with van der Waals surface area (Å²) < 4.78 is 5.73. The number of hydrogen-bond acceptors (Lipinski definition) is 3.